The molecule has 0 spiro atoms. The molecule has 7 nitrogen and oxygen atoms in total. The van der Waals surface area contributed by atoms with Crippen molar-refractivity contribution in [3.63, 3.8) is 0 Å². The molecule has 0 unspecified atom stereocenters. The molecule has 11 heteroatoms. The van der Waals surface area contributed by atoms with Crippen molar-refractivity contribution in [2.24, 2.45) is 0 Å². The molecule has 0 saturated heterocycles. The van der Waals surface area contributed by atoms with Crippen molar-refractivity contribution in [3.05, 3.63) is 42.7 Å². The number of pyridine rings is 1. The first-order chi connectivity index (χ1) is 9.70. The Balaban J connectivity index is 2.47. The average Bonchev–Trinajstić information content (AvgIpc) is 2.71. The molecule has 0 amide bonds. The number of thiophene rings is 1. The second-order valence-electron chi connectivity index (χ2n) is 3.76. The van der Waals surface area contributed by atoms with E-state index in [-0.39, 0.29) is 13.6 Å². The Bertz CT molecular complexity index is 819. The maximum absolute atomic E-state index is 12.1. The zero-order valence-electron chi connectivity index (χ0n) is 10.2. The predicted molar refractivity (Wildman–Crippen MR) is 77.8 cm³/mol. The van der Waals surface area contributed by atoms with E-state index in [1.54, 1.807) is 0 Å². The van der Waals surface area contributed by atoms with Gasteiger partial charge in [-0.25, -0.2) is 0 Å². The van der Waals surface area contributed by atoms with Gasteiger partial charge in [0.25, 0.3) is 0 Å². The van der Waals surface area contributed by atoms with Crippen LogP contribution in [-0.4, -0.2) is 18.3 Å². The maximum atomic E-state index is 12.1. The molecule has 0 radical (unpaired) electrons. The number of aromatic nitrogens is 1. The third kappa shape index (κ3) is 3.43. The number of nitro groups is 1. The van der Waals surface area contributed by atoms with E-state index in [2.05, 4.69) is 4.98 Å². The van der Waals surface area contributed by atoms with Crippen molar-refractivity contribution < 1.29 is 17.5 Å². The second-order valence-corrected chi connectivity index (χ2v) is 7.56. The molecule has 21 heavy (non-hydrogen) atoms. The minimum atomic E-state index is -4.34. The van der Waals surface area contributed by atoms with Crippen LogP contribution in [0.5, 0.6) is 5.75 Å². The standard InChI is InChI=1S/C10H6Cl2N2O5S2/c1-5-2-3-6(10(13-5)14(15)16)19-21(17,18)7-4-8(11)20-9(7)12/h2-4H,1H3. The second kappa shape index (κ2) is 5.76. The van der Waals surface area contributed by atoms with Crippen molar-refractivity contribution in [1.29, 1.82) is 0 Å². The van der Waals surface area contributed by atoms with Crippen molar-refractivity contribution >= 4 is 50.5 Å². The minimum absolute atomic E-state index is 0.0947. The fourth-order valence-corrected chi connectivity index (χ4v) is 4.42. The summed E-state index contributed by atoms with van der Waals surface area (Å²) in [4.78, 5) is 13.3. The van der Waals surface area contributed by atoms with Gasteiger partial charge in [-0.2, -0.15) is 8.42 Å². The Kier molecular flexibility index (Phi) is 4.38. The molecule has 0 aliphatic carbocycles. The Morgan fingerprint density at radius 3 is 2.57 bits per heavy atom. The van der Waals surface area contributed by atoms with E-state index >= 15 is 0 Å². The lowest BCUT2D eigenvalue weighted by atomic mass is 10.3. The normalized spacial score (nSPS) is 11.4. The lowest BCUT2D eigenvalue weighted by molar-refractivity contribution is -0.390. The molecule has 0 atom stereocenters. The zero-order chi connectivity index (χ0) is 15.8. The Labute approximate surface area is 133 Å². The lowest BCUT2D eigenvalue weighted by Crippen LogP contribution is -2.11. The van der Waals surface area contributed by atoms with Crippen LogP contribution in [0, 0.1) is 17.0 Å². The number of aryl methyl sites for hydroxylation is 1. The van der Waals surface area contributed by atoms with Gasteiger partial charge >= 0.3 is 15.9 Å². The molecule has 112 valence electrons. The van der Waals surface area contributed by atoms with Crippen LogP contribution in [-0.2, 0) is 10.1 Å². The number of rotatable bonds is 4. The number of hydrogen-bond donors (Lipinski definition) is 0. The molecule has 2 aromatic heterocycles. The van der Waals surface area contributed by atoms with Gasteiger partial charge in [0.15, 0.2) is 0 Å². The van der Waals surface area contributed by atoms with Gasteiger partial charge in [-0.3, -0.25) is 0 Å². The Morgan fingerprint density at radius 2 is 2.05 bits per heavy atom. The SMILES string of the molecule is Cc1ccc(OS(=O)(=O)c2cc(Cl)sc2Cl)c([N+](=O)[O-])n1. The monoisotopic (exact) mass is 368 g/mol. The topological polar surface area (TPSA) is 99.4 Å². The largest absolute Gasteiger partial charge is 0.408 e. The molecular formula is C10H6Cl2N2O5S2. The summed E-state index contributed by atoms with van der Waals surface area (Å²) in [7, 11) is -4.34. The van der Waals surface area contributed by atoms with Crippen LogP contribution in [0.2, 0.25) is 8.67 Å². The lowest BCUT2D eigenvalue weighted by Gasteiger charge is -2.06. The van der Waals surface area contributed by atoms with E-state index in [9.17, 15) is 18.5 Å². The van der Waals surface area contributed by atoms with Gasteiger partial charge in [-0.05, 0) is 28.1 Å². The van der Waals surface area contributed by atoms with Crippen LogP contribution >= 0.6 is 34.5 Å². The summed E-state index contributed by atoms with van der Waals surface area (Å²) >= 11 is 12.3. The van der Waals surface area contributed by atoms with Crippen LogP contribution in [0.1, 0.15) is 5.69 Å². The predicted octanol–water partition coefficient (Wildman–Crippen LogP) is 3.43. The van der Waals surface area contributed by atoms with Crippen LogP contribution in [0.4, 0.5) is 5.82 Å². The molecular weight excluding hydrogens is 363 g/mol. The van der Waals surface area contributed by atoms with E-state index < -0.39 is 26.6 Å². The fraction of sp³-hybridized carbons (Fsp3) is 0.100. The van der Waals surface area contributed by atoms with Gasteiger partial charge in [0, 0.05) is 6.92 Å². The van der Waals surface area contributed by atoms with E-state index in [1.165, 1.54) is 13.0 Å². The average molecular weight is 369 g/mol. The highest BCUT2D eigenvalue weighted by atomic mass is 35.5. The first kappa shape index (κ1) is 16.0. The van der Waals surface area contributed by atoms with Crippen molar-refractivity contribution in [1.82, 2.24) is 4.98 Å². The summed E-state index contributed by atoms with van der Waals surface area (Å²) in [5.74, 6) is -1.19. The summed E-state index contributed by atoms with van der Waals surface area (Å²) in [6, 6.07) is 3.65. The van der Waals surface area contributed by atoms with Crippen molar-refractivity contribution in [2.45, 2.75) is 11.8 Å². The molecule has 0 fully saturated rings. The quantitative estimate of drug-likeness (QED) is 0.465. The number of halogens is 2. The molecule has 0 aliphatic heterocycles. The van der Waals surface area contributed by atoms with Gasteiger partial charge < -0.3 is 14.3 Å². The third-order valence-corrected chi connectivity index (χ3v) is 5.23. The van der Waals surface area contributed by atoms with Crippen LogP contribution in [0.15, 0.2) is 23.1 Å². The van der Waals surface area contributed by atoms with Crippen LogP contribution < -0.4 is 4.18 Å². The minimum Gasteiger partial charge on any atom is -0.370 e. The molecule has 0 saturated carbocycles. The number of hydrogen-bond acceptors (Lipinski definition) is 7. The highest BCUT2D eigenvalue weighted by molar-refractivity contribution is 7.87. The first-order valence-corrected chi connectivity index (χ1v) is 8.20. The van der Waals surface area contributed by atoms with Crippen LogP contribution in [0.3, 0.4) is 0 Å². The summed E-state index contributed by atoms with van der Waals surface area (Å²) in [6.45, 7) is 1.53. The third-order valence-electron chi connectivity index (χ3n) is 2.25. The van der Waals surface area contributed by atoms with Gasteiger partial charge in [-0.15, -0.1) is 11.3 Å². The maximum Gasteiger partial charge on any atom is 0.408 e. The van der Waals surface area contributed by atoms with Gasteiger partial charge in [-0.1, -0.05) is 23.2 Å². The van der Waals surface area contributed by atoms with E-state index in [4.69, 9.17) is 27.4 Å². The highest BCUT2D eigenvalue weighted by Crippen LogP contribution is 2.36. The van der Waals surface area contributed by atoms with Crippen molar-refractivity contribution in [2.75, 3.05) is 0 Å². The van der Waals surface area contributed by atoms with Gasteiger partial charge in [0.1, 0.15) is 14.9 Å². The Hall–Kier alpha value is -1.42. The molecule has 2 aromatic rings. The van der Waals surface area contributed by atoms with E-state index in [0.29, 0.717) is 5.69 Å². The fourth-order valence-electron chi connectivity index (χ4n) is 1.38. The molecule has 2 heterocycles. The highest BCUT2D eigenvalue weighted by Gasteiger charge is 2.28. The molecule has 0 N–H and O–H groups in total. The summed E-state index contributed by atoms with van der Waals surface area (Å²) in [5, 5.41) is 10.9. The van der Waals surface area contributed by atoms with Crippen molar-refractivity contribution in [3.8, 4) is 5.75 Å². The number of nitrogens with zero attached hydrogens (tertiary/aromatic N) is 2. The summed E-state index contributed by atoms with van der Waals surface area (Å²) in [5.41, 5.74) is 0.350. The summed E-state index contributed by atoms with van der Waals surface area (Å²) in [6.07, 6.45) is 0. The Morgan fingerprint density at radius 1 is 1.38 bits per heavy atom. The molecule has 0 aromatic carbocycles. The molecule has 0 bridgehead atoms. The zero-order valence-corrected chi connectivity index (χ0v) is 13.4. The van der Waals surface area contributed by atoms with E-state index in [0.717, 1.165) is 23.5 Å². The van der Waals surface area contributed by atoms with Gasteiger partial charge in [0.2, 0.25) is 5.75 Å². The van der Waals surface area contributed by atoms with E-state index in [1.807, 2.05) is 0 Å². The van der Waals surface area contributed by atoms with Gasteiger partial charge in [0.05, 0.1) is 4.34 Å². The summed E-state index contributed by atoms with van der Waals surface area (Å²) < 4.78 is 29.0. The first-order valence-electron chi connectivity index (χ1n) is 5.22. The van der Waals surface area contributed by atoms with Crippen LogP contribution in [0.25, 0.3) is 0 Å². The smallest absolute Gasteiger partial charge is 0.370 e. The molecule has 2 rings (SSSR count). The molecule has 0 aliphatic rings.